The zero-order chi connectivity index (χ0) is 9.14. The fourth-order valence-electron chi connectivity index (χ4n) is 0.710. The maximum Gasteiger partial charge on any atom is 0.256 e. The van der Waals surface area contributed by atoms with Crippen LogP contribution in [0.1, 0.15) is 10.9 Å². The first-order valence-corrected chi connectivity index (χ1v) is 4.82. The van der Waals surface area contributed by atoms with Crippen LogP contribution >= 0.6 is 27.3 Å². The number of rotatable bonds is 2. The van der Waals surface area contributed by atoms with Crippen LogP contribution in [0.25, 0.3) is 0 Å². The van der Waals surface area contributed by atoms with Gasteiger partial charge in [0.15, 0.2) is 0 Å². The fourth-order valence-corrected chi connectivity index (χ4v) is 2.15. The van der Waals surface area contributed by atoms with E-state index in [1.807, 2.05) is 10.8 Å². The number of carbonyl (C=O) groups is 1. The molecule has 1 unspecified atom stereocenters. The van der Waals surface area contributed by atoms with Gasteiger partial charge in [-0.05, 0) is 22.0 Å². The van der Waals surface area contributed by atoms with Gasteiger partial charge in [-0.2, -0.15) is 0 Å². The number of halogens is 1. The van der Waals surface area contributed by atoms with Crippen LogP contribution in [0.3, 0.4) is 0 Å². The highest BCUT2D eigenvalue weighted by atomic mass is 79.9. The van der Waals surface area contributed by atoms with E-state index in [4.69, 9.17) is 11.6 Å². The SMILES string of the molecule is NNC(=O)C(N)c1cc(Br)cs1. The van der Waals surface area contributed by atoms with Crippen LogP contribution in [0, 0.1) is 0 Å². The molecule has 0 aliphatic rings. The fraction of sp³-hybridized carbons (Fsp3) is 0.167. The molecule has 1 rings (SSSR count). The highest BCUT2D eigenvalue weighted by Gasteiger charge is 2.15. The van der Waals surface area contributed by atoms with E-state index < -0.39 is 6.04 Å². The van der Waals surface area contributed by atoms with Gasteiger partial charge >= 0.3 is 0 Å². The molecule has 1 atom stereocenters. The summed E-state index contributed by atoms with van der Waals surface area (Å²) in [6, 6.07) is 1.12. The number of hydrazine groups is 1. The number of hydrogen-bond acceptors (Lipinski definition) is 4. The molecule has 0 spiro atoms. The van der Waals surface area contributed by atoms with Crippen molar-refractivity contribution in [3.05, 3.63) is 20.8 Å². The summed E-state index contributed by atoms with van der Waals surface area (Å²) in [4.78, 5) is 11.7. The lowest BCUT2D eigenvalue weighted by molar-refractivity contribution is -0.122. The van der Waals surface area contributed by atoms with Gasteiger partial charge in [0.2, 0.25) is 0 Å². The smallest absolute Gasteiger partial charge is 0.256 e. The minimum atomic E-state index is -0.675. The molecule has 5 N–H and O–H groups in total. The second-order valence-electron chi connectivity index (χ2n) is 2.15. The Labute approximate surface area is 82.0 Å². The number of nitrogens with one attached hydrogen (secondary N) is 1. The summed E-state index contributed by atoms with van der Waals surface area (Å²) >= 11 is 4.68. The van der Waals surface area contributed by atoms with Crippen LogP contribution in [0.5, 0.6) is 0 Å². The van der Waals surface area contributed by atoms with Crippen molar-refractivity contribution in [2.24, 2.45) is 11.6 Å². The molecular formula is C6H8BrN3OS. The molecule has 1 amide bonds. The molecule has 0 saturated heterocycles. The highest BCUT2D eigenvalue weighted by molar-refractivity contribution is 9.10. The van der Waals surface area contributed by atoms with Gasteiger partial charge in [-0.25, -0.2) is 5.84 Å². The van der Waals surface area contributed by atoms with E-state index in [1.54, 1.807) is 6.07 Å². The van der Waals surface area contributed by atoms with E-state index in [0.717, 1.165) is 9.35 Å². The van der Waals surface area contributed by atoms with Crippen LogP contribution in [0.15, 0.2) is 15.9 Å². The maximum atomic E-state index is 11.0. The average molecular weight is 250 g/mol. The summed E-state index contributed by atoms with van der Waals surface area (Å²) < 4.78 is 0.919. The molecule has 1 heterocycles. The highest BCUT2D eigenvalue weighted by Crippen LogP contribution is 2.24. The third-order valence-corrected chi connectivity index (χ3v) is 3.10. The van der Waals surface area contributed by atoms with E-state index in [9.17, 15) is 4.79 Å². The largest absolute Gasteiger partial charge is 0.315 e. The van der Waals surface area contributed by atoms with Crippen molar-refractivity contribution in [3.8, 4) is 0 Å². The van der Waals surface area contributed by atoms with E-state index in [-0.39, 0.29) is 5.91 Å². The van der Waals surface area contributed by atoms with Crippen LogP contribution in [-0.2, 0) is 4.79 Å². The summed E-state index contributed by atoms with van der Waals surface area (Å²) in [5.74, 6) is 4.55. The molecular weight excluding hydrogens is 242 g/mol. The van der Waals surface area contributed by atoms with Crippen molar-refractivity contribution < 1.29 is 4.79 Å². The van der Waals surface area contributed by atoms with Gasteiger partial charge in [0.25, 0.3) is 5.91 Å². The van der Waals surface area contributed by atoms with Gasteiger partial charge in [0.1, 0.15) is 6.04 Å². The van der Waals surface area contributed by atoms with Crippen molar-refractivity contribution in [1.82, 2.24) is 5.43 Å². The van der Waals surface area contributed by atoms with Crippen LogP contribution in [0.2, 0.25) is 0 Å². The second kappa shape index (κ2) is 3.99. The molecule has 0 aliphatic heterocycles. The molecule has 0 aliphatic carbocycles. The summed E-state index contributed by atoms with van der Waals surface area (Å²) in [5.41, 5.74) is 7.56. The predicted octanol–water partition coefficient (Wildman–Crippen LogP) is 0.500. The zero-order valence-electron chi connectivity index (χ0n) is 6.08. The minimum absolute atomic E-state index is 0.385. The number of hydrogen-bond donors (Lipinski definition) is 3. The molecule has 0 saturated carbocycles. The molecule has 4 nitrogen and oxygen atoms in total. The minimum Gasteiger partial charge on any atom is -0.315 e. The van der Waals surface area contributed by atoms with Gasteiger partial charge < -0.3 is 5.73 Å². The Bertz CT molecular complexity index is 288. The molecule has 1 aromatic rings. The number of amides is 1. The summed E-state index contributed by atoms with van der Waals surface area (Å²) in [5, 5.41) is 1.86. The molecule has 1 aromatic heterocycles. The van der Waals surface area contributed by atoms with Crippen molar-refractivity contribution in [2.75, 3.05) is 0 Å². The lowest BCUT2D eigenvalue weighted by atomic mass is 10.2. The van der Waals surface area contributed by atoms with Crippen LogP contribution in [-0.4, -0.2) is 5.91 Å². The van der Waals surface area contributed by atoms with Crippen LogP contribution < -0.4 is 17.0 Å². The summed E-state index contributed by atoms with van der Waals surface area (Å²) in [7, 11) is 0. The van der Waals surface area contributed by atoms with Gasteiger partial charge in [-0.3, -0.25) is 10.2 Å². The summed E-state index contributed by atoms with van der Waals surface area (Å²) in [6.45, 7) is 0. The van der Waals surface area contributed by atoms with Gasteiger partial charge in [0, 0.05) is 14.7 Å². The van der Waals surface area contributed by atoms with Gasteiger partial charge in [-0.1, -0.05) is 0 Å². The van der Waals surface area contributed by atoms with Crippen molar-refractivity contribution in [3.63, 3.8) is 0 Å². The third kappa shape index (κ3) is 2.04. The van der Waals surface area contributed by atoms with E-state index >= 15 is 0 Å². The average Bonchev–Trinajstić information content (AvgIpc) is 2.49. The van der Waals surface area contributed by atoms with Crippen molar-refractivity contribution in [2.45, 2.75) is 6.04 Å². The second-order valence-corrected chi connectivity index (χ2v) is 4.01. The van der Waals surface area contributed by atoms with E-state index in [2.05, 4.69) is 15.9 Å². The maximum absolute atomic E-state index is 11.0. The third-order valence-electron chi connectivity index (χ3n) is 1.32. The lowest BCUT2D eigenvalue weighted by Crippen LogP contribution is -2.38. The molecule has 66 valence electrons. The predicted molar refractivity (Wildman–Crippen MR) is 51.3 cm³/mol. The van der Waals surface area contributed by atoms with E-state index in [0.29, 0.717) is 0 Å². The Kier molecular flexibility index (Phi) is 3.21. The van der Waals surface area contributed by atoms with Crippen molar-refractivity contribution in [1.29, 1.82) is 0 Å². The molecule has 0 fully saturated rings. The number of thiophene rings is 1. The van der Waals surface area contributed by atoms with Crippen molar-refractivity contribution >= 4 is 33.2 Å². The first-order chi connectivity index (χ1) is 5.65. The molecule has 12 heavy (non-hydrogen) atoms. The number of carbonyl (C=O) groups excluding carboxylic acids is 1. The molecule has 0 bridgehead atoms. The molecule has 0 aromatic carbocycles. The Balaban J connectivity index is 2.77. The first-order valence-electron chi connectivity index (χ1n) is 3.15. The quantitative estimate of drug-likeness (QED) is 0.406. The first kappa shape index (κ1) is 9.66. The van der Waals surface area contributed by atoms with E-state index in [1.165, 1.54) is 11.3 Å². The Hall–Kier alpha value is -0.430. The Morgan fingerprint density at radius 1 is 1.75 bits per heavy atom. The zero-order valence-corrected chi connectivity index (χ0v) is 8.48. The normalized spacial score (nSPS) is 12.6. The summed E-state index contributed by atoms with van der Waals surface area (Å²) in [6.07, 6.45) is 0. The Morgan fingerprint density at radius 2 is 2.42 bits per heavy atom. The standard InChI is InChI=1S/C6H8BrN3OS/c7-3-1-4(12-2-3)5(8)6(11)10-9/h1-2,5H,8-9H2,(H,10,11). The Morgan fingerprint density at radius 3 is 2.83 bits per heavy atom. The van der Waals surface area contributed by atoms with Crippen LogP contribution in [0.4, 0.5) is 0 Å². The van der Waals surface area contributed by atoms with Gasteiger partial charge in [0.05, 0.1) is 0 Å². The topological polar surface area (TPSA) is 81.1 Å². The lowest BCUT2D eigenvalue weighted by Gasteiger charge is -2.05. The number of nitrogens with two attached hydrogens (primary N) is 2. The monoisotopic (exact) mass is 249 g/mol. The molecule has 0 radical (unpaired) electrons. The molecule has 6 heteroatoms. The van der Waals surface area contributed by atoms with Gasteiger partial charge in [-0.15, -0.1) is 11.3 Å².